The van der Waals surface area contributed by atoms with Crippen molar-refractivity contribution in [1.82, 2.24) is 20.5 Å². The number of aliphatic imine (C=N–C) groups is 1. The van der Waals surface area contributed by atoms with Gasteiger partial charge in [-0.25, -0.2) is 9.98 Å². The first-order valence-electron chi connectivity index (χ1n) is 9.93. The van der Waals surface area contributed by atoms with Crippen LogP contribution in [0.4, 0.5) is 0 Å². The highest BCUT2D eigenvalue weighted by atomic mass is 16.3. The Morgan fingerprint density at radius 3 is 2.82 bits per heavy atom. The van der Waals surface area contributed by atoms with Gasteiger partial charge in [0.15, 0.2) is 5.96 Å². The topological polar surface area (TPSA) is 82.8 Å². The van der Waals surface area contributed by atoms with Crippen molar-refractivity contribution in [3.05, 3.63) is 41.8 Å². The van der Waals surface area contributed by atoms with Crippen LogP contribution in [-0.2, 0) is 11.3 Å². The molecule has 7 heteroatoms. The Bertz CT molecular complexity index is 812. The van der Waals surface area contributed by atoms with Crippen molar-refractivity contribution >= 4 is 11.9 Å². The Balaban J connectivity index is 1.60. The molecule has 2 aromatic rings. The Morgan fingerprint density at radius 2 is 2.11 bits per heavy atom. The summed E-state index contributed by atoms with van der Waals surface area (Å²) in [6.07, 6.45) is 3.13. The number of nitrogens with zero attached hydrogens (tertiary/aromatic N) is 3. The SMILES string of the molecule is CCNC(=NCc1coc(-c2ccc(C)cc2)n1)NC1CCN(C(=O)CC)C1. The van der Waals surface area contributed by atoms with Gasteiger partial charge in [-0.2, -0.15) is 0 Å². The van der Waals surface area contributed by atoms with Crippen molar-refractivity contribution in [1.29, 1.82) is 0 Å². The zero-order valence-corrected chi connectivity index (χ0v) is 16.9. The van der Waals surface area contributed by atoms with Crippen LogP contribution < -0.4 is 10.6 Å². The lowest BCUT2D eigenvalue weighted by Gasteiger charge is -2.18. The standard InChI is InChI=1S/C21H29N5O2/c1-4-19(27)26-11-10-17(13-26)25-21(22-5-2)23-12-18-14-28-20(24-18)16-8-6-15(3)7-9-16/h6-9,14,17H,4-5,10-13H2,1-3H3,(H2,22,23,25). The molecule has 2 N–H and O–H groups in total. The van der Waals surface area contributed by atoms with E-state index in [1.54, 1.807) is 6.26 Å². The van der Waals surface area contributed by atoms with E-state index in [4.69, 9.17) is 4.42 Å². The van der Waals surface area contributed by atoms with Crippen molar-refractivity contribution in [2.24, 2.45) is 4.99 Å². The van der Waals surface area contributed by atoms with Gasteiger partial charge in [-0.15, -0.1) is 0 Å². The average Bonchev–Trinajstić information content (AvgIpc) is 3.36. The Labute approximate surface area is 166 Å². The predicted molar refractivity (Wildman–Crippen MR) is 110 cm³/mol. The van der Waals surface area contributed by atoms with Crippen LogP contribution in [-0.4, -0.2) is 47.4 Å². The summed E-state index contributed by atoms with van der Waals surface area (Å²) in [5, 5.41) is 6.69. The normalized spacial score (nSPS) is 17.0. The smallest absolute Gasteiger partial charge is 0.226 e. The van der Waals surface area contributed by atoms with E-state index in [0.717, 1.165) is 43.3 Å². The van der Waals surface area contributed by atoms with Crippen LogP contribution >= 0.6 is 0 Å². The van der Waals surface area contributed by atoms with E-state index in [0.29, 0.717) is 18.9 Å². The number of guanidine groups is 1. The molecule has 28 heavy (non-hydrogen) atoms. The van der Waals surface area contributed by atoms with Crippen molar-refractivity contribution in [2.75, 3.05) is 19.6 Å². The number of carbonyl (C=O) groups excluding carboxylic acids is 1. The summed E-state index contributed by atoms with van der Waals surface area (Å²) < 4.78 is 5.60. The second-order valence-electron chi connectivity index (χ2n) is 7.03. The van der Waals surface area contributed by atoms with Crippen molar-refractivity contribution in [2.45, 2.75) is 46.2 Å². The highest BCUT2D eigenvalue weighted by Gasteiger charge is 2.25. The lowest BCUT2D eigenvalue weighted by molar-refractivity contribution is -0.129. The third-order valence-corrected chi connectivity index (χ3v) is 4.78. The second kappa shape index (κ2) is 9.39. The van der Waals surface area contributed by atoms with E-state index in [1.165, 1.54) is 5.56 Å². The number of carbonyl (C=O) groups is 1. The molecule has 0 radical (unpaired) electrons. The molecule has 1 atom stereocenters. The van der Waals surface area contributed by atoms with Crippen LogP contribution in [0, 0.1) is 6.92 Å². The number of oxazole rings is 1. The fourth-order valence-corrected chi connectivity index (χ4v) is 3.21. The van der Waals surface area contributed by atoms with Crippen molar-refractivity contribution in [3.8, 4) is 11.5 Å². The van der Waals surface area contributed by atoms with Gasteiger partial charge in [0.2, 0.25) is 11.8 Å². The van der Waals surface area contributed by atoms with Gasteiger partial charge in [0.05, 0.1) is 6.54 Å². The van der Waals surface area contributed by atoms with Crippen LogP contribution in [0.5, 0.6) is 0 Å². The third kappa shape index (κ3) is 5.12. The first kappa shape index (κ1) is 19.9. The summed E-state index contributed by atoms with van der Waals surface area (Å²) in [6, 6.07) is 8.30. The summed E-state index contributed by atoms with van der Waals surface area (Å²) >= 11 is 0. The van der Waals surface area contributed by atoms with Gasteiger partial charge in [0, 0.05) is 37.7 Å². The van der Waals surface area contributed by atoms with E-state index in [2.05, 4.69) is 27.5 Å². The molecule has 0 aliphatic carbocycles. The molecule has 3 rings (SSSR count). The van der Waals surface area contributed by atoms with E-state index in [-0.39, 0.29) is 11.9 Å². The molecule has 150 valence electrons. The van der Waals surface area contributed by atoms with E-state index in [9.17, 15) is 4.79 Å². The average molecular weight is 383 g/mol. The summed E-state index contributed by atoms with van der Waals surface area (Å²) in [7, 11) is 0. The number of hydrogen-bond acceptors (Lipinski definition) is 4. The highest BCUT2D eigenvalue weighted by molar-refractivity contribution is 5.80. The van der Waals surface area contributed by atoms with E-state index < -0.39 is 0 Å². The molecule has 0 spiro atoms. The lowest BCUT2D eigenvalue weighted by Crippen LogP contribution is -2.45. The minimum Gasteiger partial charge on any atom is -0.444 e. The molecule has 1 saturated heterocycles. The van der Waals surface area contributed by atoms with Crippen molar-refractivity contribution < 1.29 is 9.21 Å². The van der Waals surface area contributed by atoms with Gasteiger partial charge in [-0.1, -0.05) is 24.6 Å². The highest BCUT2D eigenvalue weighted by Crippen LogP contribution is 2.19. The van der Waals surface area contributed by atoms with Crippen LogP contribution in [0.2, 0.25) is 0 Å². The van der Waals surface area contributed by atoms with Gasteiger partial charge in [-0.05, 0) is 32.4 Å². The van der Waals surface area contributed by atoms with Crippen LogP contribution in [0.15, 0.2) is 39.9 Å². The third-order valence-electron chi connectivity index (χ3n) is 4.78. The molecule has 1 aromatic carbocycles. The summed E-state index contributed by atoms with van der Waals surface area (Å²) in [4.78, 5) is 22.9. The molecule has 1 aromatic heterocycles. The summed E-state index contributed by atoms with van der Waals surface area (Å²) in [6.45, 7) is 8.70. The monoisotopic (exact) mass is 383 g/mol. The zero-order chi connectivity index (χ0) is 19.9. The quantitative estimate of drug-likeness (QED) is 0.592. The predicted octanol–water partition coefficient (Wildman–Crippen LogP) is 2.72. The molecule has 7 nitrogen and oxygen atoms in total. The summed E-state index contributed by atoms with van der Waals surface area (Å²) in [5.74, 6) is 1.54. The minimum atomic E-state index is 0.206. The van der Waals surface area contributed by atoms with E-state index >= 15 is 0 Å². The van der Waals surface area contributed by atoms with Gasteiger partial charge in [0.1, 0.15) is 12.0 Å². The lowest BCUT2D eigenvalue weighted by atomic mass is 10.1. The number of hydrogen-bond donors (Lipinski definition) is 2. The number of aryl methyl sites for hydroxylation is 1. The maximum absolute atomic E-state index is 11.9. The number of benzene rings is 1. The minimum absolute atomic E-state index is 0.206. The molecule has 0 bridgehead atoms. The van der Waals surface area contributed by atoms with E-state index in [1.807, 2.05) is 43.0 Å². The first-order chi connectivity index (χ1) is 13.6. The second-order valence-corrected chi connectivity index (χ2v) is 7.03. The molecule has 2 heterocycles. The Hall–Kier alpha value is -2.83. The number of aromatic nitrogens is 1. The molecular formula is C21H29N5O2. The van der Waals surface area contributed by atoms with Crippen molar-refractivity contribution in [3.63, 3.8) is 0 Å². The van der Waals surface area contributed by atoms with Gasteiger partial charge in [-0.3, -0.25) is 4.79 Å². The van der Waals surface area contributed by atoms with Gasteiger partial charge >= 0.3 is 0 Å². The zero-order valence-electron chi connectivity index (χ0n) is 16.9. The molecule has 0 saturated carbocycles. The molecular weight excluding hydrogens is 354 g/mol. The number of likely N-dealkylation sites (tertiary alicyclic amines) is 1. The maximum atomic E-state index is 11.9. The number of amides is 1. The summed E-state index contributed by atoms with van der Waals surface area (Å²) in [5.41, 5.74) is 2.94. The Morgan fingerprint density at radius 1 is 1.32 bits per heavy atom. The first-order valence-corrected chi connectivity index (χ1v) is 9.93. The molecule has 1 unspecified atom stereocenters. The van der Waals surface area contributed by atoms with Crippen LogP contribution in [0.3, 0.4) is 0 Å². The molecule has 1 aliphatic rings. The Kier molecular flexibility index (Phi) is 6.68. The number of rotatable bonds is 6. The molecule has 1 amide bonds. The fourth-order valence-electron chi connectivity index (χ4n) is 3.21. The largest absolute Gasteiger partial charge is 0.444 e. The van der Waals surface area contributed by atoms with Crippen LogP contribution in [0.25, 0.3) is 11.5 Å². The number of nitrogens with one attached hydrogen (secondary N) is 2. The van der Waals surface area contributed by atoms with Gasteiger partial charge < -0.3 is 20.0 Å². The van der Waals surface area contributed by atoms with Crippen LogP contribution in [0.1, 0.15) is 37.9 Å². The maximum Gasteiger partial charge on any atom is 0.226 e. The molecule has 1 fully saturated rings. The molecule has 1 aliphatic heterocycles. The van der Waals surface area contributed by atoms with Gasteiger partial charge in [0.25, 0.3) is 0 Å². The fraction of sp³-hybridized carbons (Fsp3) is 0.476.